The van der Waals surface area contributed by atoms with E-state index in [1.807, 2.05) is 6.26 Å². The highest BCUT2D eigenvalue weighted by Crippen LogP contribution is 2.63. The summed E-state index contributed by atoms with van der Waals surface area (Å²) >= 11 is 0. The van der Waals surface area contributed by atoms with Crippen molar-refractivity contribution in [3.05, 3.63) is 23.0 Å². The molecule has 1 N–H and O–H groups in total. The van der Waals surface area contributed by atoms with Gasteiger partial charge in [0.25, 0.3) is 0 Å². The third kappa shape index (κ3) is 1.88. The summed E-state index contributed by atoms with van der Waals surface area (Å²) < 4.78 is 10.9. The summed E-state index contributed by atoms with van der Waals surface area (Å²) in [5, 5.41) is 11.2. The molecule has 2 saturated carbocycles. The number of rotatable bonds is 2. The number of fused-ring (bicyclic) bond motifs is 4. The highest BCUT2D eigenvalue weighted by Gasteiger charge is 2.60. The number of methoxy groups -OCH3 is 1. The van der Waals surface area contributed by atoms with Gasteiger partial charge < -0.3 is 14.6 Å². The Balaban J connectivity index is 1.70. The maximum atomic E-state index is 11.2. The molecule has 4 atom stereocenters. The average Bonchev–Trinajstić information content (AvgIpc) is 2.79. The van der Waals surface area contributed by atoms with E-state index in [4.69, 9.17) is 9.47 Å². The van der Waals surface area contributed by atoms with E-state index in [9.17, 15) is 5.11 Å². The summed E-state index contributed by atoms with van der Waals surface area (Å²) in [5.74, 6) is 1.29. The molecule has 22 heavy (non-hydrogen) atoms. The van der Waals surface area contributed by atoms with Crippen LogP contribution in [0.15, 0.2) is 23.0 Å². The van der Waals surface area contributed by atoms with Gasteiger partial charge >= 0.3 is 0 Å². The first-order valence-electron chi connectivity index (χ1n) is 8.83. The van der Waals surface area contributed by atoms with E-state index >= 15 is 0 Å². The van der Waals surface area contributed by atoms with Crippen molar-refractivity contribution in [2.75, 3.05) is 20.3 Å². The largest absolute Gasteiger partial charge is 0.501 e. The maximum absolute atomic E-state index is 11.2. The number of hydrogen-bond donors (Lipinski definition) is 1. The van der Waals surface area contributed by atoms with E-state index in [1.165, 1.54) is 12.0 Å². The zero-order valence-corrected chi connectivity index (χ0v) is 13.9. The summed E-state index contributed by atoms with van der Waals surface area (Å²) in [6.45, 7) is 3.64. The maximum Gasteiger partial charge on any atom is 0.0936 e. The van der Waals surface area contributed by atoms with Crippen molar-refractivity contribution in [3.8, 4) is 0 Å². The van der Waals surface area contributed by atoms with Gasteiger partial charge in [0.1, 0.15) is 0 Å². The van der Waals surface area contributed by atoms with Crippen LogP contribution in [0.4, 0.5) is 0 Å². The van der Waals surface area contributed by atoms with E-state index < -0.39 is 5.60 Å². The van der Waals surface area contributed by atoms with Crippen LogP contribution in [0.1, 0.15) is 51.9 Å². The van der Waals surface area contributed by atoms with Gasteiger partial charge in [-0.25, -0.2) is 0 Å². The normalized spacial score (nSPS) is 43.9. The Morgan fingerprint density at radius 1 is 1.27 bits per heavy atom. The van der Waals surface area contributed by atoms with Crippen LogP contribution >= 0.6 is 0 Å². The Labute approximate surface area is 133 Å². The van der Waals surface area contributed by atoms with Crippen molar-refractivity contribution in [2.45, 2.75) is 57.5 Å². The average molecular weight is 304 g/mol. The highest BCUT2D eigenvalue weighted by atomic mass is 16.5. The molecule has 0 bridgehead atoms. The lowest BCUT2D eigenvalue weighted by Gasteiger charge is -2.51. The summed E-state index contributed by atoms with van der Waals surface area (Å²) in [4.78, 5) is 0. The molecule has 0 unspecified atom stereocenters. The van der Waals surface area contributed by atoms with E-state index in [2.05, 4.69) is 6.92 Å². The molecule has 0 saturated heterocycles. The molecule has 1 heterocycles. The smallest absolute Gasteiger partial charge is 0.0936 e. The van der Waals surface area contributed by atoms with E-state index in [-0.39, 0.29) is 5.41 Å². The third-order valence-corrected chi connectivity index (χ3v) is 7.18. The first-order chi connectivity index (χ1) is 10.6. The summed E-state index contributed by atoms with van der Waals surface area (Å²) in [5.41, 5.74) is 4.14. The third-order valence-electron chi connectivity index (χ3n) is 7.18. The van der Waals surface area contributed by atoms with Crippen LogP contribution in [-0.2, 0) is 9.47 Å². The van der Waals surface area contributed by atoms with Crippen molar-refractivity contribution < 1.29 is 14.6 Å². The molecule has 3 heteroatoms. The van der Waals surface area contributed by atoms with Crippen molar-refractivity contribution in [1.29, 1.82) is 0 Å². The molecule has 1 aliphatic heterocycles. The lowest BCUT2D eigenvalue weighted by atomic mass is 9.55. The van der Waals surface area contributed by atoms with E-state index in [0.717, 1.165) is 45.1 Å². The van der Waals surface area contributed by atoms with Crippen molar-refractivity contribution >= 4 is 0 Å². The number of aliphatic hydroxyl groups is 1. The molecule has 4 aliphatic rings. The molecular formula is C19H28O3. The van der Waals surface area contributed by atoms with Gasteiger partial charge in [-0.3, -0.25) is 0 Å². The zero-order chi connectivity index (χ0) is 15.4. The summed E-state index contributed by atoms with van der Waals surface area (Å²) in [6.07, 6.45) is 9.77. The fraction of sp³-hybridized carbons (Fsp3) is 0.789. The minimum Gasteiger partial charge on any atom is -0.501 e. The van der Waals surface area contributed by atoms with Crippen LogP contribution in [0.3, 0.4) is 0 Å². The zero-order valence-electron chi connectivity index (χ0n) is 13.9. The van der Waals surface area contributed by atoms with Gasteiger partial charge in [-0.15, -0.1) is 0 Å². The second-order valence-corrected chi connectivity index (χ2v) is 7.94. The molecule has 0 aromatic rings. The molecule has 0 amide bonds. The molecule has 122 valence electrons. The van der Waals surface area contributed by atoms with Crippen LogP contribution in [0.25, 0.3) is 0 Å². The van der Waals surface area contributed by atoms with Crippen molar-refractivity contribution in [3.63, 3.8) is 0 Å². The number of hydrogen-bond acceptors (Lipinski definition) is 3. The Morgan fingerprint density at radius 3 is 2.95 bits per heavy atom. The van der Waals surface area contributed by atoms with Crippen molar-refractivity contribution in [1.82, 2.24) is 0 Å². The lowest BCUT2D eigenvalue weighted by Crippen LogP contribution is -2.52. The van der Waals surface area contributed by atoms with Crippen LogP contribution in [0.5, 0.6) is 0 Å². The second-order valence-electron chi connectivity index (χ2n) is 7.94. The van der Waals surface area contributed by atoms with E-state index in [0.29, 0.717) is 18.4 Å². The standard InChI is InChI=1S/C19H28O3/c1-18-8-5-15-14-7-10-22-11-13(14)3-4-16(15)17(18)6-9-19(18,20)12-21-2/h11,16-17,20H,3-10,12H2,1-2H3/t16-,17+,18+,19-/m1/s1. The van der Waals surface area contributed by atoms with Gasteiger partial charge in [0.05, 0.1) is 25.1 Å². The van der Waals surface area contributed by atoms with Gasteiger partial charge in [0, 0.05) is 18.9 Å². The molecule has 3 nitrogen and oxygen atoms in total. The molecular weight excluding hydrogens is 276 g/mol. The predicted octanol–water partition coefficient (Wildman–Crippen LogP) is 3.58. The molecule has 0 aromatic carbocycles. The minimum atomic E-state index is -0.631. The Morgan fingerprint density at radius 2 is 2.14 bits per heavy atom. The Bertz CT molecular complexity index is 535. The molecule has 3 aliphatic carbocycles. The topological polar surface area (TPSA) is 38.7 Å². The second kappa shape index (κ2) is 5.10. The summed E-state index contributed by atoms with van der Waals surface area (Å²) in [7, 11) is 1.71. The molecule has 0 aromatic heterocycles. The van der Waals surface area contributed by atoms with Crippen LogP contribution in [0, 0.1) is 17.3 Å². The number of ether oxygens (including phenoxy) is 2. The Hall–Kier alpha value is -0.800. The fourth-order valence-electron chi connectivity index (χ4n) is 5.90. The van der Waals surface area contributed by atoms with Gasteiger partial charge in [-0.1, -0.05) is 12.5 Å². The minimum absolute atomic E-state index is 0.0180. The molecule has 2 fully saturated rings. The van der Waals surface area contributed by atoms with Gasteiger partial charge in [0.15, 0.2) is 0 Å². The quantitative estimate of drug-likeness (QED) is 0.847. The Kier molecular flexibility index (Phi) is 3.43. The summed E-state index contributed by atoms with van der Waals surface area (Å²) in [6, 6.07) is 0. The van der Waals surface area contributed by atoms with Crippen LogP contribution < -0.4 is 0 Å². The van der Waals surface area contributed by atoms with E-state index in [1.54, 1.807) is 18.3 Å². The predicted molar refractivity (Wildman–Crippen MR) is 85.3 cm³/mol. The van der Waals surface area contributed by atoms with Crippen LogP contribution in [-0.4, -0.2) is 31.0 Å². The first kappa shape index (κ1) is 14.8. The first-order valence-corrected chi connectivity index (χ1v) is 8.83. The molecule has 4 rings (SSSR count). The lowest BCUT2D eigenvalue weighted by molar-refractivity contribution is -0.125. The van der Waals surface area contributed by atoms with Crippen LogP contribution in [0.2, 0.25) is 0 Å². The van der Waals surface area contributed by atoms with Gasteiger partial charge in [-0.05, 0) is 61.5 Å². The van der Waals surface area contributed by atoms with Crippen molar-refractivity contribution in [2.24, 2.45) is 17.3 Å². The monoisotopic (exact) mass is 304 g/mol. The number of allylic oxidation sites excluding steroid dienone is 2. The highest BCUT2D eigenvalue weighted by molar-refractivity contribution is 5.42. The van der Waals surface area contributed by atoms with Gasteiger partial charge in [-0.2, -0.15) is 0 Å². The fourth-order valence-corrected chi connectivity index (χ4v) is 5.90. The molecule has 0 radical (unpaired) electrons. The van der Waals surface area contributed by atoms with Gasteiger partial charge in [0.2, 0.25) is 0 Å². The molecule has 0 spiro atoms. The SMILES string of the molecule is COC[C@]1(O)CC[C@H]2[C@@H]3CCC4=COCCC4=C3CC[C@@]21C.